The van der Waals surface area contributed by atoms with Crippen LogP contribution in [-0.2, 0) is 4.79 Å². The SMILES string of the molecule is CC1=C(C(=O)Nc2ccc(C)c(C)c2)C(c2ccc(F)cc2)NC(=O)N1. The summed E-state index contributed by atoms with van der Waals surface area (Å²) in [6.07, 6.45) is 0. The van der Waals surface area contributed by atoms with Gasteiger partial charge in [0.05, 0.1) is 11.6 Å². The van der Waals surface area contributed by atoms with E-state index in [0.717, 1.165) is 11.1 Å². The zero-order valence-electron chi connectivity index (χ0n) is 14.8. The summed E-state index contributed by atoms with van der Waals surface area (Å²) in [6.45, 7) is 5.64. The fraction of sp³-hybridized carbons (Fsp3) is 0.200. The van der Waals surface area contributed by atoms with Crippen molar-refractivity contribution in [1.82, 2.24) is 10.6 Å². The fourth-order valence-electron chi connectivity index (χ4n) is 2.92. The molecule has 0 aromatic heterocycles. The number of hydrogen-bond donors (Lipinski definition) is 3. The zero-order valence-corrected chi connectivity index (χ0v) is 14.8. The lowest BCUT2D eigenvalue weighted by Gasteiger charge is -2.28. The summed E-state index contributed by atoms with van der Waals surface area (Å²) in [5.74, 6) is -0.705. The van der Waals surface area contributed by atoms with Gasteiger partial charge in [0, 0.05) is 11.4 Å². The van der Waals surface area contributed by atoms with Gasteiger partial charge in [-0.3, -0.25) is 4.79 Å². The molecule has 2 aromatic rings. The molecule has 0 spiro atoms. The molecule has 5 nitrogen and oxygen atoms in total. The summed E-state index contributed by atoms with van der Waals surface area (Å²) < 4.78 is 13.2. The van der Waals surface area contributed by atoms with E-state index in [4.69, 9.17) is 0 Å². The number of nitrogens with one attached hydrogen (secondary N) is 3. The second kappa shape index (κ2) is 7.00. The van der Waals surface area contributed by atoms with E-state index in [1.165, 1.54) is 12.1 Å². The maximum Gasteiger partial charge on any atom is 0.319 e. The number of urea groups is 1. The maximum absolute atomic E-state index is 13.2. The van der Waals surface area contributed by atoms with Gasteiger partial charge in [-0.05, 0) is 61.7 Å². The molecule has 3 rings (SSSR count). The molecule has 3 amide bonds. The largest absolute Gasteiger partial charge is 0.327 e. The number of carbonyl (C=O) groups excluding carboxylic acids is 2. The van der Waals surface area contributed by atoms with Crippen LogP contribution in [0.15, 0.2) is 53.7 Å². The van der Waals surface area contributed by atoms with Crippen molar-refractivity contribution in [2.75, 3.05) is 5.32 Å². The normalized spacial score (nSPS) is 16.8. The lowest BCUT2D eigenvalue weighted by Crippen LogP contribution is -2.45. The van der Waals surface area contributed by atoms with Gasteiger partial charge in [0.2, 0.25) is 0 Å². The van der Waals surface area contributed by atoms with Crippen LogP contribution in [0.1, 0.15) is 29.7 Å². The third-order valence-electron chi connectivity index (χ3n) is 4.48. The number of halogens is 1. The van der Waals surface area contributed by atoms with E-state index in [-0.39, 0.29) is 11.7 Å². The second-order valence-electron chi connectivity index (χ2n) is 6.37. The van der Waals surface area contributed by atoms with E-state index in [9.17, 15) is 14.0 Å². The first-order valence-corrected chi connectivity index (χ1v) is 8.27. The third-order valence-corrected chi connectivity index (χ3v) is 4.48. The lowest BCUT2D eigenvalue weighted by molar-refractivity contribution is -0.113. The van der Waals surface area contributed by atoms with Crippen LogP contribution < -0.4 is 16.0 Å². The number of aryl methyl sites for hydroxylation is 2. The highest BCUT2D eigenvalue weighted by Crippen LogP contribution is 2.28. The average Bonchev–Trinajstić information content (AvgIpc) is 2.58. The van der Waals surface area contributed by atoms with Crippen molar-refractivity contribution in [3.05, 3.63) is 76.2 Å². The Balaban J connectivity index is 1.93. The standard InChI is InChI=1S/C20H20FN3O2/c1-11-4-9-16(10-12(11)2)23-19(25)17-13(3)22-20(26)24-18(17)14-5-7-15(21)8-6-14/h4-10,18H,1-3H3,(H,23,25)(H2,22,24,26). The van der Waals surface area contributed by atoms with Crippen molar-refractivity contribution in [2.24, 2.45) is 0 Å². The Morgan fingerprint density at radius 2 is 1.73 bits per heavy atom. The first-order valence-electron chi connectivity index (χ1n) is 8.27. The van der Waals surface area contributed by atoms with Crippen molar-refractivity contribution in [3.63, 3.8) is 0 Å². The van der Waals surface area contributed by atoms with Gasteiger partial charge < -0.3 is 16.0 Å². The summed E-state index contributed by atoms with van der Waals surface area (Å²) in [6, 6.07) is 10.3. The molecule has 134 valence electrons. The predicted octanol–water partition coefficient (Wildman–Crippen LogP) is 3.71. The molecular formula is C20H20FN3O2. The monoisotopic (exact) mass is 353 g/mol. The highest BCUT2D eigenvalue weighted by molar-refractivity contribution is 6.06. The molecule has 1 aliphatic rings. The Bertz CT molecular complexity index is 904. The summed E-state index contributed by atoms with van der Waals surface area (Å²) in [7, 11) is 0. The quantitative estimate of drug-likeness (QED) is 0.787. The van der Waals surface area contributed by atoms with E-state index in [2.05, 4.69) is 16.0 Å². The van der Waals surface area contributed by atoms with Crippen LogP contribution in [0.3, 0.4) is 0 Å². The van der Waals surface area contributed by atoms with Crippen LogP contribution in [0.4, 0.5) is 14.9 Å². The molecular weight excluding hydrogens is 333 g/mol. The number of anilines is 1. The highest BCUT2D eigenvalue weighted by Gasteiger charge is 2.31. The summed E-state index contributed by atoms with van der Waals surface area (Å²) >= 11 is 0. The van der Waals surface area contributed by atoms with E-state index < -0.39 is 12.1 Å². The van der Waals surface area contributed by atoms with Crippen LogP contribution in [0.2, 0.25) is 0 Å². The van der Waals surface area contributed by atoms with Crippen molar-refractivity contribution in [3.8, 4) is 0 Å². The molecule has 2 aromatic carbocycles. The van der Waals surface area contributed by atoms with Gasteiger partial charge in [0.25, 0.3) is 5.91 Å². The Morgan fingerprint density at radius 3 is 2.38 bits per heavy atom. The molecule has 6 heteroatoms. The topological polar surface area (TPSA) is 70.2 Å². The minimum absolute atomic E-state index is 0.326. The molecule has 0 saturated carbocycles. The Kier molecular flexibility index (Phi) is 4.75. The van der Waals surface area contributed by atoms with Gasteiger partial charge in [0.15, 0.2) is 0 Å². The molecule has 1 atom stereocenters. The van der Waals surface area contributed by atoms with Crippen LogP contribution in [0.5, 0.6) is 0 Å². The molecule has 26 heavy (non-hydrogen) atoms. The Labute approximate surface area is 151 Å². The number of carbonyl (C=O) groups is 2. The van der Waals surface area contributed by atoms with Crippen molar-refractivity contribution in [1.29, 1.82) is 0 Å². The molecule has 1 unspecified atom stereocenters. The van der Waals surface area contributed by atoms with Crippen molar-refractivity contribution in [2.45, 2.75) is 26.8 Å². The first-order chi connectivity index (χ1) is 12.3. The minimum atomic E-state index is -0.657. The number of allylic oxidation sites excluding steroid dienone is 1. The van der Waals surface area contributed by atoms with Gasteiger partial charge in [-0.25, -0.2) is 9.18 Å². The van der Waals surface area contributed by atoms with Crippen molar-refractivity contribution >= 4 is 17.6 Å². The van der Waals surface area contributed by atoms with E-state index in [0.29, 0.717) is 22.5 Å². The number of amides is 3. The maximum atomic E-state index is 13.2. The first kappa shape index (κ1) is 17.7. The number of benzene rings is 2. The van der Waals surface area contributed by atoms with E-state index in [1.54, 1.807) is 19.1 Å². The molecule has 1 aliphatic heterocycles. The van der Waals surface area contributed by atoms with Gasteiger partial charge in [0.1, 0.15) is 5.82 Å². The van der Waals surface area contributed by atoms with Gasteiger partial charge in [-0.15, -0.1) is 0 Å². The predicted molar refractivity (Wildman–Crippen MR) is 98.1 cm³/mol. The molecule has 0 aliphatic carbocycles. The van der Waals surface area contributed by atoms with E-state index >= 15 is 0 Å². The Morgan fingerprint density at radius 1 is 1.04 bits per heavy atom. The minimum Gasteiger partial charge on any atom is -0.327 e. The second-order valence-corrected chi connectivity index (χ2v) is 6.37. The summed E-state index contributed by atoms with van der Waals surface area (Å²) in [5, 5.41) is 8.22. The van der Waals surface area contributed by atoms with Crippen LogP contribution in [0, 0.1) is 19.7 Å². The molecule has 0 radical (unpaired) electrons. The van der Waals surface area contributed by atoms with E-state index in [1.807, 2.05) is 32.0 Å². The van der Waals surface area contributed by atoms with Gasteiger partial charge in [-0.1, -0.05) is 18.2 Å². The highest BCUT2D eigenvalue weighted by atomic mass is 19.1. The molecule has 1 heterocycles. The average molecular weight is 353 g/mol. The smallest absolute Gasteiger partial charge is 0.319 e. The van der Waals surface area contributed by atoms with Gasteiger partial charge >= 0.3 is 6.03 Å². The zero-order chi connectivity index (χ0) is 18.8. The molecule has 3 N–H and O–H groups in total. The number of rotatable bonds is 3. The van der Waals surface area contributed by atoms with Crippen LogP contribution >= 0.6 is 0 Å². The molecule has 0 fully saturated rings. The summed E-state index contributed by atoms with van der Waals surface area (Å²) in [4.78, 5) is 24.8. The number of hydrogen-bond acceptors (Lipinski definition) is 2. The van der Waals surface area contributed by atoms with Gasteiger partial charge in [-0.2, -0.15) is 0 Å². The Hall–Kier alpha value is -3.15. The van der Waals surface area contributed by atoms with Crippen molar-refractivity contribution < 1.29 is 14.0 Å². The fourth-order valence-corrected chi connectivity index (χ4v) is 2.92. The lowest BCUT2D eigenvalue weighted by atomic mass is 9.94. The third kappa shape index (κ3) is 3.59. The molecule has 0 saturated heterocycles. The molecule has 0 bridgehead atoms. The van der Waals surface area contributed by atoms with Crippen LogP contribution in [-0.4, -0.2) is 11.9 Å². The summed E-state index contributed by atoms with van der Waals surface area (Å²) in [5.41, 5.74) is 4.35. The van der Waals surface area contributed by atoms with Crippen LogP contribution in [0.25, 0.3) is 0 Å².